The molecule has 1 saturated carbocycles. The van der Waals surface area contributed by atoms with Crippen molar-refractivity contribution >= 4 is 28.2 Å². The average molecular weight is 394 g/mol. The number of nitrogens with one attached hydrogen (secondary N) is 1. The fourth-order valence-electron chi connectivity index (χ4n) is 3.85. The molecule has 2 aliphatic rings. The number of hydrogen-bond donors (Lipinski definition) is 1. The first-order valence-corrected chi connectivity index (χ1v) is 10.3. The van der Waals surface area contributed by atoms with Gasteiger partial charge in [0, 0.05) is 38.3 Å². The third-order valence-corrected chi connectivity index (χ3v) is 6.34. The first-order valence-electron chi connectivity index (χ1n) is 9.47. The minimum absolute atomic E-state index is 0.0225. The molecule has 2 heterocycles. The lowest BCUT2D eigenvalue weighted by Crippen LogP contribution is -2.52. The number of piperazine rings is 1. The number of hydrogen-bond acceptors (Lipinski definition) is 6. The van der Waals surface area contributed by atoms with Crippen LogP contribution in [-0.4, -0.2) is 65.3 Å². The predicted octanol–water partition coefficient (Wildman–Crippen LogP) is 2.11. The summed E-state index contributed by atoms with van der Waals surface area (Å²) in [7, 11) is 0. The minimum Gasteiger partial charge on any atom is -0.352 e. The maximum absolute atomic E-state index is 12.5. The van der Waals surface area contributed by atoms with Crippen molar-refractivity contribution in [3.8, 4) is 0 Å². The molecular weight excluding hydrogens is 368 g/mol. The van der Waals surface area contributed by atoms with E-state index in [1.165, 1.54) is 25.0 Å². The van der Waals surface area contributed by atoms with Crippen LogP contribution in [0.25, 0.3) is 0 Å². The number of amides is 2. The Morgan fingerprint density at radius 2 is 2.00 bits per heavy atom. The van der Waals surface area contributed by atoms with Gasteiger partial charge < -0.3 is 10.2 Å². The van der Waals surface area contributed by atoms with Crippen molar-refractivity contribution in [3.05, 3.63) is 27.1 Å². The summed E-state index contributed by atoms with van der Waals surface area (Å²) in [4.78, 5) is 39.2. The molecule has 2 fully saturated rings. The monoisotopic (exact) mass is 394 g/mol. The lowest BCUT2D eigenvalue weighted by Gasteiger charge is -2.34. The highest BCUT2D eigenvalue weighted by molar-refractivity contribution is 7.17. The molecule has 1 aliphatic heterocycles. The van der Waals surface area contributed by atoms with Gasteiger partial charge >= 0.3 is 5.00 Å². The zero-order valence-electron chi connectivity index (χ0n) is 15.6. The highest BCUT2D eigenvalue weighted by Gasteiger charge is 2.26. The van der Waals surface area contributed by atoms with E-state index in [-0.39, 0.29) is 16.8 Å². The molecule has 0 aromatic carbocycles. The third kappa shape index (κ3) is 5.26. The number of thiophene rings is 1. The SMILES string of the molecule is CC1CCCC(NC(=O)CN2CCN(C(=O)c3ccc([N+](=O)[O-])s3)CC2)C1. The number of nitro groups is 1. The van der Waals surface area contributed by atoms with E-state index in [1.807, 2.05) is 0 Å². The second kappa shape index (κ2) is 8.79. The van der Waals surface area contributed by atoms with Crippen LogP contribution in [0.3, 0.4) is 0 Å². The molecule has 148 valence electrons. The van der Waals surface area contributed by atoms with Crippen molar-refractivity contribution in [3.63, 3.8) is 0 Å². The largest absolute Gasteiger partial charge is 0.352 e. The third-order valence-electron chi connectivity index (χ3n) is 5.31. The van der Waals surface area contributed by atoms with E-state index in [2.05, 4.69) is 17.1 Å². The van der Waals surface area contributed by atoms with Crippen molar-refractivity contribution in [2.45, 2.75) is 38.6 Å². The van der Waals surface area contributed by atoms with Crippen LogP contribution < -0.4 is 5.32 Å². The summed E-state index contributed by atoms with van der Waals surface area (Å²) in [6, 6.07) is 3.17. The molecule has 1 saturated heterocycles. The Balaban J connectivity index is 1.43. The molecule has 3 rings (SSSR count). The summed E-state index contributed by atoms with van der Waals surface area (Å²) in [6.07, 6.45) is 4.54. The van der Waals surface area contributed by atoms with E-state index < -0.39 is 4.92 Å². The van der Waals surface area contributed by atoms with Crippen LogP contribution in [0.5, 0.6) is 0 Å². The van der Waals surface area contributed by atoms with Crippen LogP contribution in [0, 0.1) is 16.0 Å². The molecular formula is C18H26N4O4S. The Bertz CT molecular complexity index is 699. The maximum atomic E-state index is 12.5. The van der Waals surface area contributed by atoms with Crippen LogP contribution in [-0.2, 0) is 4.79 Å². The van der Waals surface area contributed by atoms with Crippen LogP contribution in [0.15, 0.2) is 12.1 Å². The van der Waals surface area contributed by atoms with E-state index in [0.29, 0.717) is 49.6 Å². The van der Waals surface area contributed by atoms with Gasteiger partial charge in [-0.3, -0.25) is 24.6 Å². The van der Waals surface area contributed by atoms with Crippen molar-refractivity contribution in [1.82, 2.24) is 15.1 Å². The fourth-order valence-corrected chi connectivity index (χ4v) is 4.64. The van der Waals surface area contributed by atoms with Gasteiger partial charge in [0.25, 0.3) is 5.91 Å². The summed E-state index contributed by atoms with van der Waals surface area (Å²) in [5, 5.41) is 13.9. The Hall–Kier alpha value is -2.00. The molecule has 2 atom stereocenters. The number of carbonyl (C=O) groups excluding carboxylic acids is 2. The highest BCUT2D eigenvalue weighted by Crippen LogP contribution is 2.25. The highest BCUT2D eigenvalue weighted by atomic mass is 32.1. The first kappa shape index (κ1) is 19.8. The molecule has 27 heavy (non-hydrogen) atoms. The Labute approximate surface area is 162 Å². The van der Waals surface area contributed by atoms with E-state index in [0.717, 1.165) is 24.2 Å². The summed E-state index contributed by atoms with van der Waals surface area (Å²) in [5.74, 6) is 0.558. The molecule has 1 aliphatic carbocycles. The topological polar surface area (TPSA) is 95.8 Å². The van der Waals surface area contributed by atoms with Crippen LogP contribution in [0.4, 0.5) is 5.00 Å². The molecule has 9 heteroatoms. The lowest BCUT2D eigenvalue weighted by molar-refractivity contribution is -0.380. The molecule has 2 unspecified atom stereocenters. The van der Waals surface area contributed by atoms with Gasteiger partial charge in [0.1, 0.15) is 0 Å². The number of nitrogens with zero attached hydrogens (tertiary/aromatic N) is 3. The summed E-state index contributed by atoms with van der Waals surface area (Å²) in [5.41, 5.74) is 0. The van der Waals surface area contributed by atoms with Gasteiger partial charge in [0.15, 0.2) is 0 Å². The van der Waals surface area contributed by atoms with Crippen molar-refractivity contribution < 1.29 is 14.5 Å². The van der Waals surface area contributed by atoms with Gasteiger partial charge in [-0.2, -0.15) is 0 Å². The maximum Gasteiger partial charge on any atom is 0.324 e. The predicted molar refractivity (Wildman–Crippen MR) is 103 cm³/mol. The van der Waals surface area contributed by atoms with E-state index >= 15 is 0 Å². The zero-order chi connectivity index (χ0) is 19.4. The smallest absolute Gasteiger partial charge is 0.324 e. The Morgan fingerprint density at radius 3 is 2.63 bits per heavy atom. The van der Waals surface area contributed by atoms with Gasteiger partial charge in [0.05, 0.1) is 16.3 Å². The van der Waals surface area contributed by atoms with Crippen LogP contribution >= 0.6 is 11.3 Å². The zero-order valence-corrected chi connectivity index (χ0v) is 16.4. The van der Waals surface area contributed by atoms with Gasteiger partial charge in [-0.1, -0.05) is 31.1 Å². The molecule has 8 nitrogen and oxygen atoms in total. The standard InChI is InChI=1S/C18H26N4O4S/c1-13-3-2-4-14(11-13)19-16(23)12-20-7-9-21(10-8-20)18(24)15-5-6-17(27-15)22(25)26/h5-6,13-14H,2-4,7-12H2,1H3,(H,19,23). The molecule has 0 spiro atoms. The second-order valence-corrected chi connectivity index (χ2v) is 8.56. The molecule has 0 radical (unpaired) electrons. The van der Waals surface area contributed by atoms with Crippen molar-refractivity contribution in [1.29, 1.82) is 0 Å². The van der Waals surface area contributed by atoms with E-state index in [9.17, 15) is 19.7 Å². The van der Waals surface area contributed by atoms with Crippen LogP contribution in [0.1, 0.15) is 42.3 Å². The molecule has 1 aromatic rings. The minimum atomic E-state index is -0.481. The van der Waals surface area contributed by atoms with Gasteiger partial charge in [-0.15, -0.1) is 0 Å². The van der Waals surface area contributed by atoms with E-state index in [1.54, 1.807) is 4.90 Å². The number of carbonyl (C=O) groups is 2. The molecule has 1 N–H and O–H groups in total. The van der Waals surface area contributed by atoms with Crippen molar-refractivity contribution in [2.75, 3.05) is 32.7 Å². The summed E-state index contributed by atoms with van der Waals surface area (Å²) >= 11 is 0.906. The number of rotatable bonds is 5. The summed E-state index contributed by atoms with van der Waals surface area (Å²) in [6.45, 7) is 4.91. The first-order chi connectivity index (χ1) is 12.9. The normalized spacial score (nSPS) is 23.8. The van der Waals surface area contributed by atoms with Gasteiger partial charge in [-0.05, 0) is 24.8 Å². The van der Waals surface area contributed by atoms with Crippen molar-refractivity contribution in [2.24, 2.45) is 5.92 Å². The molecule has 2 amide bonds. The fraction of sp³-hybridized carbons (Fsp3) is 0.667. The lowest BCUT2D eigenvalue weighted by atomic mass is 9.87. The van der Waals surface area contributed by atoms with Gasteiger partial charge in [-0.25, -0.2) is 0 Å². The van der Waals surface area contributed by atoms with Gasteiger partial charge in [0.2, 0.25) is 5.91 Å². The Morgan fingerprint density at radius 1 is 1.26 bits per heavy atom. The van der Waals surface area contributed by atoms with Crippen LogP contribution in [0.2, 0.25) is 0 Å². The Kier molecular flexibility index (Phi) is 6.43. The average Bonchev–Trinajstić information content (AvgIpc) is 3.12. The molecule has 1 aromatic heterocycles. The molecule has 0 bridgehead atoms. The summed E-state index contributed by atoms with van der Waals surface area (Å²) < 4.78 is 0. The quantitative estimate of drug-likeness (QED) is 0.609. The van der Waals surface area contributed by atoms with E-state index in [4.69, 9.17) is 0 Å². The second-order valence-electron chi connectivity index (χ2n) is 7.50.